The number of anilines is 1. The van der Waals surface area contributed by atoms with Gasteiger partial charge < -0.3 is 10.6 Å². The number of rotatable bonds is 6. The van der Waals surface area contributed by atoms with Gasteiger partial charge in [0.05, 0.1) is 17.3 Å². The van der Waals surface area contributed by atoms with E-state index in [-0.39, 0.29) is 24.4 Å². The molecule has 1 aromatic heterocycles. The maximum atomic E-state index is 12.6. The Morgan fingerprint density at radius 2 is 1.81 bits per heavy atom. The first-order valence-electron chi connectivity index (χ1n) is 8.09. The Hall–Kier alpha value is -3.55. The van der Waals surface area contributed by atoms with Crippen molar-refractivity contribution in [3.05, 3.63) is 72.1 Å². The van der Waals surface area contributed by atoms with Crippen LogP contribution in [0.15, 0.2) is 60.9 Å². The van der Waals surface area contributed by atoms with E-state index in [9.17, 15) is 9.59 Å². The van der Waals surface area contributed by atoms with Crippen LogP contribution < -0.4 is 10.6 Å². The van der Waals surface area contributed by atoms with Crippen molar-refractivity contribution in [1.82, 2.24) is 25.5 Å². The normalized spacial score (nSPS) is 11.6. The number of nitrogens with one attached hydrogen (secondary N) is 2. The predicted octanol–water partition coefficient (Wildman–Crippen LogP) is 1.80. The number of aromatic nitrogens is 4. The number of carbonyl (C=O) groups is 2. The Bertz CT molecular complexity index is 880. The topological polar surface area (TPSA) is 102 Å². The molecular weight excluding hydrogens is 332 g/mol. The summed E-state index contributed by atoms with van der Waals surface area (Å²) in [6, 6.07) is 16.4. The molecule has 0 aliphatic carbocycles. The minimum Gasteiger partial charge on any atom is -0.345 e. The summed E-state index contributed by atoms with van der Waals surface area (Å²) in [5.41, 5.74) is 1.82. The van der Waals surface area contributed by atoms with Crippen LogP contribution in [-0.4, -0.2) is 32.0 Å². The smallest absolute Gasteiger partial charge is 0.253 e. The Morgan fingerprint density at radius 3 is 2.54 bits per heavy atom. The van der Waals surface area contributed by atoms with Gasteiger partial charge in [0, 0.05) is 0 Å². The molecule has 0 fully saturated rings. The van der Waals surface area contributed by atoms with E-state index < -0.39 is 0 Å². The summed E-state index contributed by atoms with van der Waals surface area (Å²) in [6.45, 7) is 1.87. The summed E-state index contributed by atoms with van der Waals surface area (Å²) in [7, 11) is 0. The largest absolute Gasteiger partial charge is 0.345 e. The molecule has 26 heavy (non-hydrogen) atoms. The molecule has 3 aromatic rings. The summed E-state index contributed by atoms with van der Waals surface area (Å²) < 4.78 is 1.30. The third-order valence-electron chi connectivity index (χ3n) is 3.79. The average molecular weight is 350 g/mol. The number of hydrogen-bond acceptors (Lipinski definition) is 5. The monoisotopic (exact) mass is 350 g/mol. The Kier molecular flexibility index (Phi) is 5.33. The van der Waals surface area contributed by atoms with Crippen molar-refractivity contribution < 1.29 is 9.59 Å². The molecule has 2 aromatic carbocycles. The highest BCUT2D eigenvalue weighted by Gasteiger charge is 2.16. The van der Waals surface area contributed by atoms with Crippen molar-refractivity contribution in [1.29, 1.82) is 0 Å². The summed E-state index contributed by atoms with van der Waals surface area (Å²) in [6.07, 6.45) is 1.35. The van der Waals surface area contributed by atoms with Gasteiger partial charge in [0.15, 0.2) is 0 Å². The molecule has 132 valence electrons. The molecule has 0 bridgehead atoms. The van der Waals surface area contributed by atoms with Gasteiger partial charge in [0.1, 0.15) is 12.9 Å². The standard InChI is InChI=1S/C18H18N6O2/c1-13(14-7-3-2-4-8-14)20-18(26)15-9-5-6-10-16(15)21-17(25)11-24-12-19-22-23-24/h2-10,12-13H,11H2,1H3,(H,20,26)(H,21,25). The van der Waals surface area contributed by atoms with Gasteiger partial charge in [0.2, 0.25) is 5.91 Å². The lowest BCUT2D eigenvalue weighted by Gasteiger charge is -2.16. The van der Waals surface area contributed by atoms with Gasteiger partial charge in [-0.2, -0.15) is 0 Å². The maximum Gasteiger partial charge on any atom is 0.253 e. The van der Waals surface area contributed by atoms with E-state index >= 15 is 0 Å². The molecule has 2 amide bonds. The SMILES string of the molecule is CC(NC(=O)c1ccccc1NC(=O)Cn1cnnn1)c1ccccc1. The Balaban J connectivity index is 1.70. The first-order valence-corrected chi connectivity index (χ1v) is 8.09. The van der Waals surface area contributed by atoms with Crippen molar-refractivity contribution in [2.24, 2.45) is 0 Å². The minimum atomic E-state index is -0.325. The quantitative estimate of drug-likeness (QED) is 0.706. The van der Waals surface area contributed by atoms with Crippen molar-refractivity contribution >= 4 is 17.5 Å². The molecular formula is C18H18N6O2. The van der Waals surface area contributed by atoms with Crippen LogP contribution in [0.3, 0.4) is 0 Å². The van der Waals surface area contributed by atoms with Crippen LogP contribution >= 0.6 is 0 Å². The van der Waals surface area contributed by atoms with Crippen LogP contribution in [0.4, 0.5) is 5.69 Å². The summed E-state index contributed by atoms with van der Waals surface area (Å²) in [4.78, 5) is 24.8. The second-order valence-corrected chi connectivity index (χ2v) is 5.71. The zero-order chi connectivity index (χ0) is 18.4. The highest BCUT2D eigenvalue weighted by atomic mass is 16.2. The minimum absolute atomic E-state index is 0.0383. The zero-order valence-corrected chi connectivity index (χ0v) is 14.2. The van der Waals surface area contributed by atoms with Crippen LogP contribution in [-0.2, 0) is 11.3 Å². The fraction of sp³-hybridized carbons (Fsp3) is 0.167. The molecule has 0 aliphatic rings. The van der Waals surface area contributed by atoms with E-state index in [1.54, 1.807) is 24.3 Å². The van der Waals surface area contributed by atoms with Crippen molar-refractivity contribution in [2.75, 3.05) is 5.32 Å². The number of benzene rings is 2. The van der Waals surface area contributed by atoms with Crippen LogP contribution in [0.2, 0.25) is 0 Å². The summed E-state index contributed by atoms with van der Waals surface area (Å²) >= 11 is 0. The first kappa shape index (κ1) is 17.3. The third kappa shape index (κ3) is 4.29. The number of carbonyl (C=O) groups excluding carboxylic acids is 2. The highest BCUT2D eigenvalue weighted by molar-refractivity contribution is 6.03. The van der Waals surface area contributed by atoms with Crippen LogP contribution in [0.25, 0.3) is 0 Å². The fourth-order valence-electron chi connectivity index (χ4n) is 2.48. The van der Waals surface area contributed by atoms with Crippen LogP contribution in [0, 0.1) is 0 Å². The lowest BCUT2D eigenvalue weighted by atomic mass is 10.1. The van der Waals surface area contributed by atoms with Crippen molar-refractivity contribution in [2.45, 2.75) is 19.5 Å². The molecule has 3 rings (SSSR count). The van der Waals surface area contributed by atoms with E-state index in [2.05, 4.69) is 26.2 Å². The van der Waals surface area contributed by atoms with E-state index in [1.807, 2.05) is 37.3 Å². The van der Waals surface area contributed by atoms with Gasteiger partial charge in [-0.3, -0.25) is 9.59 Å². The third-order valence-corrected chi connectivity index (χ3v) is 3.79. The van der Waals surface area contributed by atoms with E-state index in [4.69, 9.17) is 0 Å². The molecule has 1 unspecified atom stereocenters. The molecule has 0 saturated carbocycles. The molecule has 1 heterocycles. The maximum absolute atomic E-state index is 12.6. The second-order valence-electron chi connectivity index (χ2n) is 5.71. The highest BCUT2D eigenvalue weighted by Crippen LogP contribution is 2.18. The fourth-order valence-corrected chi connectivity index (χ4v) is 2.48. The molecule has 1 atom stereocenters. The summed E-state index contributed by atoms with van der Waals surface area (Å²) in [5, 5.41) is 16.3. The molecule has 0 spiro atoms. The number of amides is 2. The van der Waals surface area contributed by atoms with Gasteiger partial charge in [-0.05, 0) is 35.0 Å². The van der Waals surface area contributed by atoms with Gasteiger partial charge in [-0.15, -0.1) is 5.10 Å². The first-order chi connectivity index (χ1) is 12.6. The molecule has 2 N–H and O–H groups in total. The lowest BCUT2D eigenvalue weighted by Crippen LogP contribution is -2.28. The van der Waals surface area contributed by atoms with Crippen LogP contribution in [0.1, 0.15) is 28.9 Å². The lowest BCUT2D eigenvalue weighted by molar-refractivity contribution is -0.116. The number of tetrazole rings is 1. The van der Waals surface area contributed by atoms with Gasteiger partial charge in [-0.25, -0.2) is 4.68 Å². The Morgan fingerprint density at radius 1 is 1.08 bits per heavy atom. The van der Waals surface area contributed by atoms with Crippen molar-refractivity contribution in [3.8, 4) is 0 Å². The molecule has 0 aliphatic heterocycles. The van der Waals surface area contributed by atoms with E-state index in [0.717, 1.165) is 5.56 Å². The predicted molar refractivity (Wildman–Crippen MR) is 95.2 cm³/mol. The van der Waals surface area contributed by atoms with Gasteiger partial charge in [-0.1, -0.05) is 42.5 Å². The Labute approximate surface area is 150 Å². The molecule has 0 saturated heterocycles. The van der Waals surface area contributed by atoms with E-state index in [1.165, 1.54) is 11.0 Å². The zero-order valence-electron chi connectivity index (χ0n) is 14.2. The molecule has 8 nitrogen and oxygen atoms in total. The van der Waals surface area contributed by atoms with E-state index in [0.29, 0.717) is 11.3 Å². The van der Waals surface area contributed by atoms with Crippen LogP contribution in [0.5, 0.6) is 0 Å². The number of hydrogen-bond donors (Lipinski definition) is 2. The summed E-state index contributed by atoms with van der Waals surface area (Å²) in [5.74, 6) is -0.590. The number of para-hydroxylation sites is 1. The van der Waals surface area contributed by atoms with Gasteiger partial charge in [0.25, 0.3) is 5.91 Å². The molecule has 0 radical (unpaired) electrons. The second kappa shape index (κ2) is 8.02. The number of nitrogens with zero attached hydrogens (tertiary/aromatic N) is 4. The van der Waals surface area contributed by atoms with Gasteiger partial charge >= 0.3 is 0 Å². The van der Waals surface area contributed by atoms with Crippen molar-refractivity contribution in [3.63, 3.8) is 0 Å². The average Bonchev–Trinajstić information content (AvgIpc) is 3.15. The molecule has 8 heteroatoms.